The van der Waals surface area contributed by atoms with Crippen LogP contribution in [0, 0.1) is 0 Å². The van der Waals surface area contributed by atoms with Crippen molar-refractivity contribution in [2.45, 2.75) is 19.5 Å². The molecule has 4 nitrogen and oxygen atoms in total. The topological polar surface area (TPSA) is 72.2 Å². The first-order valence-corrected chi connectivity index (χ1v) is 7.44. The number of nitrogens with two attached hydrogens (primary N) is 1. The van der Waals surface area contributed by atoms with Gasteiger partial charge in [0.2, 0.25) is 0 Å². The number of hydrogen-bond acceptors (Lipinski definition) is 2. The molecule has 0 radical (unpaired) electrons. The van der Waals surface area contributed by atoms with Crippen LogP contribution in [0.25, 0.3) is 0 Å². The largest absolute Gasteiger partial charge is 0.351 e. The van der Waals surface area contributed by atoms with Crippen LogP contribution in [0.1, 0.15) is 41.0 Å². The number of benzene rings is 2. The van der Waals surface area contributed by atoms with Gasteiger partial charge in [-0.15, -0.1) is 0 Å². The second kappa shape index (κ2) is 7.24. The average Bonchev–Trinajstić information content (AvgIpc) is 2.53. The zero-order valence-electron chi connectivity index (χ0n) is 12.5. The molecule has 1 unspecified atom stereocenters. The van der Waals surface area contributed by atoms with Crippen molar-refractivity contribution in [3.63, 3.8) is 0 Å². The van der Waals surface area contributed by atoms with Gasteiger partial charge in [0, 0.05) is 22.6 Å². The maximum absolute atomic E-state index is 14.9. The van der Waals surface area contributed by atoms with E-state index in [0.29, 0.717) is 11.1 Å². The third kappa shape index (κ3) is 3.87. The zero-order valence-corrected chi connectivity index (χ0v) is 13.2. The minimum Gasteiger partial charge on any atom is -0.351 e. The second-order valence-corrected chi connectivity index (χ2v) is 5.37. The second-order valence-electron chi connectivity index (χ2n) is 4.96. The standard InChI is InChI=1S/C17H16ClFN2O2/c1-2-14(22)11-8-12(18)15(13(9-11)21-17(20)23)16(19)10-6-4-3-5-7-10/h3-9,16H,2H2,1H3,(H3,20,21,23). The quantitative estimate of drug-likeness (QED) is 0.791. The highest BCUT2D eigenvalue weighted by atomic mass is 35.5. The zero-order chi connectivity index (χ0) is 17.0. The third-order valence-electron chi connectivity index (χ3n) is 3.38. The van der Waals surface area contributed by atoms with E-state index in [2.05, 4.69) is 5.32 Å². The summed E-state index contributed by atoms with van der Waals surface area (Å²) in [7, 11) is 0. The number of anilines is 1. The van der Waals surface area contributed by atoms with Crippen LogP contribution < -0.4 is 11.1 Å². The van der Waals surface area contributed by atoms with Crippen LogP contribution in [0.2, 0.25) is 5.02 Å². The summed E-state index contributed by atoms with van der Waals surface area (Å²) in [5.74, 6) is -0.166. The Hall–Kier alpha value is -2.40. The Bertz CT molecular complexity index is 735. The Morgan fingerprint density at radius 3 is 2.48 bits per heavy atom. The molecule has 0 aromatic heterocycles. The van der Waals surface area contributed by atoms with Gasteiger partial charge in [-0.25, -0.2) is 9.18 Å². The van der Waals surface area contributed by atoms with Crippen molar-refractivity contribution in [2.75, 3.05) is 5.32 Å². The van der Waals surface area contributed by atoms with Crippen LogP contribution in [0.3, 0.4) is 0 Å². The number of alkyl halides is 1. The molecule has 2 rings (SSSR count). The van der Waals surface area contributed by atoms with Crippen LogP contribution in [-0.4, -0.2) is 11.8 Å². The Labute approximate surface area is 138 Å². The number of hydrogen-bond donors (Lipinski definition) is 2. The Morgan fingerprint density at radius 2 is 1.91 bits per heavy atom. The molecule has 23 heavy (non-hydrogen) atoms. The fourth-order valence-corrected chi connectivity index (χ4v) is 2.58. The number of rotatable bonds is 5. The molecule has 2 aromatic carbocycles. The molecule has 0 aliphatic heterocycles. The van der Waals surface area contributed by atoms with Gasteiger partial charge in [-0.2, -0.15) is 0 Å². The van der Waals surface area contributed by atoms with Crippen molar-refractivity contribution < 1.29 is 14.0 Å². The van der Waals surface area contributed by atoms with E-state index in [1.165, 1.54) is 12.1 Å². The molecule has 120 valence electrons. The van der Waals surface area contributed by atoms with Crippen molar-refractivity contribution in [3.05, 3.63) is 64.2 Å². The van der Waals surface area contributed by atoms with E-state index >= 15 is 0 Å². The molecule has 0 bridgehead atoms. The predicted octanol–water partition coefficient (Wildman–Crippen LogP) is 4.48. The van der Waals surface area contributed by atoms with Crippen LogP contribution in [0.4, 0.5) is 14.9 Å². The fraction of sp³-hybridized carbons (Fsp3) is 0.176. The first-order chi connectivity index (χ1) is 10.9. The van der Waals surface area contributed by atoms with Gasteiger partial charge in [-0.05, 0) is 17.7 Å². The molecule has 0 heterocycles. The summed E-state index contributed by atoms with van der Waals surface area (Å²) >= 11 is 6.18. The SMILES string of the molecule is CCC(=O)c1cc(Cl)c(C(F)c2ccccc2)c(NC(N)=O)c1. The molecule has 2 aromatic rings. The summed E-state index contributed by atoms with van der Waals surface area (Å²) in [6.07, 6.45) is -1.29. The van der Waals surface area contributed by atoms with Gasteiger partial charge in [0.25, 0.3) is 0 Å². The molecule has 0 aliphatic rings. The number of ketones is 1. The van der Waals surface area contributed by atoms with Crippen molar-refractivity contribution in [2.24, 2.45) is 5.73 Å². The maximum Gasteiger partial charge on any atom is 0.316 e. The molecule has 1 atom stereocenters. The molecule has 0 fully saturated rings. The lowest BCUT2D eigenvalue weighted by molar-refractivity contribution is 0.0988. The molecule has 0 aliphatic carbocycles. The van der Waals surface area contributed by atoms with E-state index in [4.69, 9.17) is 17.3 Å². The lowest BCUT2D eigenvalue weighted by Crippen LogP contribution is -2.21. The number of amides is 2. The predicted molar refractivity (Wildman–Crippen MR) is 88.7 cm³/mol. The summed E-state index contributed by atoms with van der Waals surface area (Å²) in [6, 6.07) is 10.3. The minimum atomic E-state index is -1.56. The molecule has 0 saturated heterocycles. The van der Waals surface area contributed by atoms with Gasteiger partial charge in [0.1, 0.15) is 0 Å². The van der Waals surface area contributed by atoms with Crippen LogP contribution in [-0.2, 0) is 0 Å². The van der Waals surface area contributed by atoms with Crippen molar-refractivity contribution >= 4 is 29.1 Å². The maximum atomic E-state index is 14.9. The molecular formula is C17H16ClFN2O2. The lowest BCUT2D eigenvalue weighted by atomic mass is 9.97. The van der Waals surface area contributed by atoms with E-state index in [1.807, 2.05) is 0 Å². The number of nitrogens with one attached hydrogen (secondary N) is 1. The number of carbonyl (C=O) groups excluding carboxylic acids is 2. The van der Waals surface area contributed by atoms with Gasteiger partial charge >= 0.3 is 6.03 Å². The van der Waals surface area contributed by atoms with E-state index < -0.39 is 12.2 Å². The van der Waals surface area contributed by atoms with Gasteiger partial charge in [-0.1, -0.05) is 48.9 Å². The van der Waals surface area contributed by atoms with Gasteiger partial charge in [0.05, 0.1) is 5.69 Å². The van der Waals surface area contributed by atoms with Crippen molar-refractivity contribution in [3.8, 4) is 0 Å². The highest BCUT2D eigenvalue weighted by molar-refractivity contribution is 6.32. The average molecular weight is 335 g/mol. The summed E-state index contributed by atoms with van der Waals surface area (Å²) < 4.78 is 14.9. The molecule has 6 heteroatoms. The van der Waals surface area contributed by atoms with Crippen LogP contribution in [0.5, 0.6) is 0 Å². The monoisotopic (exact) mass is 334 g/mol. The summed E-state index contributed by atoms with van der Waals surface area (Å²) in [5.41, 5.74) is 5.99. The summed E-state index contributed by atoms with van der Waals surface area (Å²) in [5, 5.41) is 2.41. The van der Waals surface area contributed by atoms with Crippen molar-refractivity contribution in [1.82, 2.24) is 0 Å². The molecular weight excluding hydrogens is 319 g/mol. The van der Waals surface area contributed by atoms with Crippen LogP contribution in [0.15, 0.2) is 42.5 Å². The van der Waals surface area contributed by atoms with Crippen molar-refractivity contribution in [1.29, 1.82) is 0 Å². The molecule has 2 amide bonds. The van der Waals surface area contributed by atoms with Gasteiger partial charge in [0.15, 0.2) is 12.0 Å². The first kappa shape index (κ1) is 17.0. The lowest BCUT2D eigenvalue weighted by Gasteiger charge is -2.17. The van der Waals surface area contributed by atoms with E-state index in [-0.39, 0.29) is 28.5 Å². The molecule has 3 N–H and O–H groups in total. The number of primary amides is 1. The van der Waals surface area contributed by atoms with Gasteiger partial charge in [-0.3, -0.25) is 4.79 Å². The third-order valence-corrected chi connectivity index (χ3v) is 3.69. The highest BCUT2D eigenvalue weighted by Gasteiger charge is 2.22. The van der Waals surface area contributed by atoms with E-state index in [0.717, 1.165) is 0 Å². The summed E-state index contributed by atoms with van der Waals surface area (Å²) in [4.78, 5) is 23.1. The number of Topliss-reactive ketones (excluding diaryl/α,β-unsaturated/α-hetero) is 1. The number of carbonyl (C=O) groups is 2. The smallest absolute Gasteiger partial charge is 0.316 e. The van der Waals surface area contributed by atoms with E-state index in [1.54, 1.807) is 37.3 Å². The molecule has 0 saturated carbocycles. The minimum absolute atomic E-state index is 0.0596. The molecule has 0 spiro atoms. The Morgan fingerprint density at radius 1 is 1.26 bits per heavy atom. The summed E-state index contributed by atoms with van der Waals surface area (Å²) in [6.45, 7) is 1.70. The van der Waals surface area contributed by atoms with Gasteiger partial charge < -0.3 is 11.1 Å². The first-order valence-electron chi connectivity index (χ1n) is 7.06. The van der Waals surface area contributed by atoms with Crippen LogP contribution >= 0.6 is 11.6 Å². The Kier molecular flexibility index (Phi) is 5.34. The highest BCUT2D eigenvalue weighted by Crippen LogP contribution is 2.38. The van der Waals surface area contributed by atoms with E-state index in [9.17, 15) is 14.0 Å². The normalized spacial score (nSPS) is 11.8. The Balaban J connectivity index is 2.57. The number of halogens is 2. The number of urea groups is 1. The fourth-order valence-electron chi connectivity index (χ4n) is 2.27.